The minimum Gasteiger partial charge on any atom is -0.360 e. The van der Waals surface area contributed by atoms with Gasteiger partial charge in [0.2, 0.25) is 0 Å². The van der Waals surface area contributed by atoms with Crippen molar-refractivity contribution in [3.8, 4) is 11.3 Å². The minimum atomic E-state index is -0.542. The van der Waals surface area contributed by atoms with Crippen LogP contribution in [0.3, 0.4) is 0 Å². The SMILES string of the molecule is Cc1onc(-c2c(F)cccc2Cl)c1C(=O)N1CC(CN)CC1C. The van der Waals surface area contributed by atoms with Crippen molar-refractivity contribution in [2.24, 2.45) is 11.7 Å². The molecule has 1 aromatic carbocycles. The van der Waals surface area contributed by atoms with E-state index in [0.717, 1.165) is 6.42 Å². The van der Waals surface area contributed by atoms with Gasteiger partial charge >= 0.3 is 0 Å². The fraction of sp³-hybridized carbons (Fsp3) is 0.412. The van der Waals surface area contributed by atoms with E-state index in [1.807, 2.05) is 6.92 Å². The molecule has 5 nitrogen and oxygen atoms in total. The molecule has 3 rings (SSSR count). The van der Waals surface area contributed by atoms with E-state index in [2.05, 4.69) is 5.16 Å². The maximum absolute atomic E-state index is 14.3. The molecule has 2 atom stereocenters. The Bertz CT molecular complexity index is 757. The molecule has 7 heteroatoms. The third-order valence-electron chi connectivity index (χ3n) is 4.53. The predicted molar refractivity (Wildman–Crippen MR) is 89.3 cm³/mol. The Morgan fingerprint density at radius 3 is 2.92 bits per heavy atom. The second kappa shape index (κ2) is 6.53. The van der Waals surface area contributed by atoms with Gasteiger partial charge in [-0.1, -0.05) is 22.8 Å². The smallest absolute Gasteiger partial charge is 0.260 e. The summed E-state index contributed by atoms with van der Waals surface area (Å²) in [6, 6.07) is 4.40. The number of carbonyl (C=O) groups excluding carboxylic acids is 1. The van der Waals surface area contributed by atoms with Crippen molar-refractivity contribution >= 4 is 17.5 Å². The second-order valence-corrected chi connectivity index (χ2v) is 6.61. The highest BCUT2D eigenvalue weighted by Gasteiger charge is 2.36. The molecule has 2 heterocycles. The molecule has 2 N–H and O–H groups in total. The molecule has 1 saturated heterocycles. The molecule has 1 aliphatic heterocycles. The lowest BCUT2D eigenvalue weighted by Gasteiger charge is -2.21. The lowest BCUT2D eigenvalue weighted by atomic mass is 10.0. The van der Waals surface area contributed by atoms with Crippen molar-refractivity contribution in [1.82, 2.24) is 10.1 Å². The zero-order valence-electron chi connectivity index (χ0n) is 13.6. The van der Waals surface area contributed by atoms with Crippen LogP contribution < -0.4 is 5.73 Å². The Hall–Kier alpha value is -1.92. The van der Waals surface area contributed by atoms with Gasteiger partial charge in [-0.3, -0.25) is 4.79 Å². The number of amides is 1. The lowest BCUT2D eigenvalue weighted by Crippen LogP contribution is -2.35. The van der Waals surface area contributed by atoms with Crippen molar-refractivity contribution in [3.63, 3.8) is 0 Å². The summed E-state index contributed by atoms with van der Waals surface area (Å²) in [5.41, 5.74) is 6.22. The Balaban J connectivity index is 2.04. The van der Waals surface area contributed by atoms with Crippen LogP contribution in [0.15, 0.2) is 22.7 Å². The predicted octanol–water partition coefficient (Wildman–Crippen LogP) is 3.25. The van der Waals surface area contributed by atoms with Gasteiger partial charge in [0.15, 0.2) is 0 Å². The highest BCUT2D eigenvalue weighted by atomic mass is 35.5. The molecule has 2 unspecified atom stereocenters. The van der Waals surface area contributed by atoms with Crippen molar-refractivity contribution < 1.29 is 13.7 Å². The number of hydrogen-bond acceptors (Lipinski definition) is 4. The molecule has 0 saturated carbocycles. The summed E-state index contributed by atoms with van der Waals surface area (Å²) in [5, 5.41) is 4.08. The first-order chi connectivity index (χ1) is 11.4. The number of rotatable bonds is 3. The maximum Gasteiger partial charge on any atom is 0.260 e. The molecule has 128 valence electrons. The zero-order chi connectivity index (χ0) is 17.4. The van der Waals surface area contributed by atoms with E-state index in [1.54, 1.807) is 17.9 Å². The maximum atomic E-state index is 14.3. The number of halogens is 2. The summed E-state index contributed by atoms with van der Waals surface area (Å²) in [6.07, 6.45) is 0.850. The first kappa shape index (κ1) is 16.9. The number of aryl methyl sites for hydroxylation is 1. The van der Waals surface area contributed by atoms with Crippen LogP contribution in [0.2, 0.25) is 5.02 Å². The van der Waals surface area contributed by atoms with Crippen LogP contribution >= 0.6 is 11.6 Å². The number of nitrogens with two attached hydrogens (primary N) is 1. The standard InChI is InChI=1S/C17H19ClFN3O2/c1-9-6-11(7-20)8-22(9)17(23)14-10(2)24-21-16(14)15-12(18)4-3-5-13(15)19/h3-5,9,11H,6-8,20H2,1-2H3. The molecule has 24 heavy (non-hydrogen) atoms. The molecule has 1 aromatic heterocycles. The van der Waals surface area contributed by atoms with Gasteiger partial charge < -0.3 is 15.2 Å². The Kier molecular flexibility index (Phi) is 4.60. The number of nitrogens with zero attached hydrogens (tertiary/aromatic N) is 2. The largest absolute Gasteiger partial charge is 0.360 e. The van der Waals surface area contributed by atoms with Gasteiger partial charge in [-0.05, 0) is 44.9 Å². The van der Waals surface area contributed by atoms with E-state index < -0.39 is 5.82 Å². The molecule has 0 aliphatic carbocycles. The molecule has 0 radical (unpaired) electrons. The van der Waals surface area contributed by atoms with Crippen LogP contribution in [0.4, 0.5) is 4.39 Å². The van der Waals surface area contributed by atoms with E-state index in [1.165, 1.54) is 12.1 Å². The highest BCUT2D eigenvalue weighted by molar-refractivity contribution is 6.33. The third-order valence-corrected chi connectivity index (χ3v) is 4.85. The van der Waals surface area contributed by atoms with Gasteiger partial charge in [0.25, 0.3) is 5.91 Å². The molecule has 0 spiro atoms. The zero-order valence-corrected chi connectivity index (χ0v) is 14.3. The van der Waals surface area contributed by atoms with Gasteiger partial charge in [0.05, 0.1) is 10.6 Å². The van der Waals surface area contributed by atoms with Crippen LogP contribution in [0, 0.1) is 18.7 Å². The van der Waals surface area contributed by atoms with E-state index >= 15 is 0 Å². The van der Waals surface area contributed by atoms with Crippen LogP contribution in [0.25, 0.3) is 11.3 Å². The molecular formula is C17H19ClFN3O2. The van der Waals surface area contributed by atoms with Gasteiger partial charge in [-0.15, -0.1) is 0 Å². The van der Waals surface area contributed by atoms with E-state index in [9.17, 15) is 9.18 Å². The average Bonchev–Trinajstić information content (AvgIpc) is 3.10. The molecule has 0 bridgehead atoms. The van der Waals surface area contributed by atoms with Crippen LogP contribution in [0.1, 0.15) is 29.5 Å². The fourth-order valence-corrected chi connectivity index (χ4v) is 3.51. The first-order valence-corrected chi connectivity index (χ1v) is 8.23. The van der Waals surface area contributed by atoms with E-state index in [0.29, 0.717) is 18.8 Å². The lowest BCUT2D eigenvalue weighted by molar-refractivity contribution is 0.0742. The van der Waals surface area contributed by atoms with Crippen molar-refractivity contribution in [1.29, 1.82) is 0 Å². The molecule has 1 aliphatic rings. The van der Waals surface area contributed by atoms with Crippen LogP contribution in [0.5, 0.6) is 0 Å². The summed E-state index contributed by atoms with van der Waals surface area (Å²) in [6.45, 7) is 4.72. The Morgan fingerprint density at radius 2 is 2.29 bits per heavy atom. The van der Waals surface area contributed by atoms with E-state index in [4.69, 9.17) is 21.9 Å². The van der Waals surface area contributed by atoms with Crippen molar-refractivity contribution in [2.45, 2.75) is 26.3 Å². The normalized spacial score (nSPS) is 20.6. The average molecular weight is 352 g/mol. The Labute approximate surface area is 144 Å². The van der Waals surface area contributed by atoms with Crippen molar-refractivity contribution in [3.05, 3.63) is 40.4 Å². The Morgan fingerprint density at radius 1 is 1.54 bits per heavy atom. The number of hydrogen-bond donors (Lipinski definition) is 1. The summed E-state index contributed by atoms with van der Waals surface area (Å²) >= 11 is 6.12. The molecular weight excluding hydrogens is 333 g/mol. The van der Waals surface area contributed by atoms with Gasteiger partial charge in [-0.2, -0.15) is 0 Å². The van der Waals surface area contributed by atoms with Crippen LogP contribution in [-0.4, -0.2) is 35.1 Å². The second-order valence-electron chi connectivity index (χ2n) is 6.20. The minimum absolute atomic E-state index is 0.0595. The third kappa shape index (κ3) is 2.80. The number of likely N-dealkylation sites (tertiary alicyclic amines) is 1. The summed E-state index contributed by atoms with van der Waals surface area (Å²) in [4.78, 5) is 14.8. The molecule has 1 amide bonds. The summed E-state index contributed by atoms with van der Waals surface area (Å²) in [5.74, 6) is -0.159. The van der Waals surface area contributed by atoms with E-state index in [-0.39, 0.29) is 39.7 Å². The monoisotopic (exact) mass is 351 g/mol. The first-order valence-electron chi connectivity index (χ1n) is 7.85. The topological polar surface area (TPSA) is 72.4 Å². The van der Waals surface area contributed by atoms with Crippen LogP contribution in [-0.2, 0) is 0 Å². The molecule has 2 aromatic rings. The highest BCUT2D eigenvalue weighted by Crippen LogP contribution is 2.35. The molecule has 1 fully saturated rings. The quantitative estimate of drug-likeness (QED) is 0.921. The number of carbonyl (C=O) groups is 1. The van der Waals surface area contributed by atoms with Gasteiger partial charge in [0, 0.05) is 12.6 Å². The number of benzene rings is 1. The summed E-state index contributed by atoms with van der Waals surface area (Å²) < 4.78 is 19.4. The van der Waals surface area contributed by atoms with Gasteiger partial charge in [-0.25, -0.2) is 4.39 Å². The fourth-order valence-electron chi connectivity index (χ4n) is 3.26. The van der Waals surface area contributed by atoms with Gasteiger partial charge in [0.1, 0.15) is 22.8 Å². The van der Waals surface area contributed by atoms with Crippen molar-refractivity contribution in [2.75, 3.05) is 13.1 Å². The number of aromatic nitrogens is 1. The summed E-state index contributed by atoms with van der Waals surface area (Å²) in [7, 11) is 0.